The van der Waals surface area contributed by atoms with Gasteiger partial charge in [0.25, 0.3) is 0 Å². The lowest BCUT2D eigenvalue weighted by Crippen LogP contribution is -2.01. The number of ketones is 1. The molecular formula is C11H18O4. The summed E-state index contributed by atoms with van der Waals surface area (Å²) in [4.78, 5) is 31.9. The molecule has 0 heterocycles. The van der Waals surface area contributed by atoms with Crippen molar-refractivity contribution in [3.8, 4) is 0 Å². The van der Waals surface area contributed by atoms with Gasteiger partial charge in [0.1, 0.15) is 12.1 Å². The molecule has 86 valence electrons. The minimum absolute atomic E-state index is 0.168. The van der Waals surface area contributed by atoms with E-state index in [1.165, 1.54) is 7.11 Å². The molecular weight excluding hydrogens is 196 g/mol. The topological polar surface area (TPSA) is 60.4 Å². The lowest BCUT2D eigenvalue weighted by molar-refractivity contribution is -0.140. The van der Waals surface area contributed by atoms with Crippen molar-refractivity contribution in [2.45, 2.75) is 44.9 Å². The van der Waals surface area contributed by atoms with Crippen molar-refractivity contribution in [1.82, 2.24) is 0 Å². The van der Waals surface area contributed by atoms with Gasteiger partial charge in [0.2, 0.25) is 0 Å². The summed E-state index contributed by atoms with van der Waals surface area (Å²) in [6.07, 6.45) is 4.66. The molecule has 0 aromatic heterocycles. The first-order chi connectivity index (χ1) is 7.20. The van der Waals surface area contributed by atoms with Crippen LogP contribution in [0.4, 0.5) is 0 Å². The van der Waals surface area contributed by atoms with Gasteiger partial charge < -0.3 is 9.53 Å². The number of aldehydes is 1. The van der Waals surface area contributed by atoms with Crippen molar-refractivity contribution < 1.29 is 19.1 Å². The predicted molar refractivity (Wildman–Crippen MR) is 55.4 cm³/mol. The first-order valence-corrected chi connectivity index (χ1v) is 5.23. The molecule has 0 aromatic carbocycles. The van der Waals surface area contributed by atoms with E-state index in [0.717, 1.165) is 12.7 Å². The van der Waals surface area contributed by atoms with Gasteiger partial charge in [-0.3, -0.25) is 9.59 Å². The van der Waals surface area contributed by atoms with Crippen LogP contribution >= 0.6 is 0 Å². The molecule has 0 N–H and O–H groups in total. The van der Waals surface area contributed by atoms with Crippen LogP contribution in [0.1, 0.15) is 44.9 Å². The first kappa shape index (κ1) is 13.8. The molecule has 0 rings (SSSR count). The van der Waals surface area contributed by atoms with E-state index in [4.69, 9.17) is 0 Å². The Kier molecular flexibility index (Phi) is 8.63. The summed E-state index contributed by atoms with van der Waals surface area (Å²) in [7, 11) is 1.35. The molecule has 0 atom stereocenters. The molecule has 0 amide bonds. The molecule has 0 radical (unpaired) electrons. The van der Waals surface area contributed by atoms with E-state index >= 15 is 0 Å². The zero-order valence-electron chi connectivity index (χ0n) is 9.16. The molecule has 0 fully saturated rings. The van der Waals surface area contributed by atoms with Gasteiger partial charge in [-0.25, -0.2) is 0 Å². The van der Waals surface area contributed by atoms with Gasteiger partial charge in [0, 0.05) is 25.7 Å². The highest BCUT2D eigenvalue weighted by Gasteiger charge is 2.03. The largest absolute Gasteiger partial charge is 0.469 e. The smallest absolute Gasteiger partial charge is 0.305 e. The summed E-state index contributed by atoms with van der Waals surface area (Å²) in [6.45, 7) is 0. The summed E-state index contributed by atoms with van der Waals surface area (Å²) in [5.41, 5.74) is 0. The fourth-order valence-corrected chi connectivity index (χ4v) is 1.20. The number of Topliss-reactive ketones (excluding diaryl/α,β-unsaturated/α-hetero) is 1. The quantitative estimate of drug-likeness (QED) is 0.332. The van der Waals surface area contributed by atoms with Crippen LogP contribution in [0.5, 0.6) is 0 Å². The predicted octanol–water partition coefficient (Wildman–Crippen LogP) is 1.66. The van der Waals surface area contributed by atoms with Crippen LogP contribution in [-0.2, 0) is 19.1 Å². The summed E-state index contributed by atoms with van der Waals surface area (Å²) < 4.78 is 4.47. The van der Waals surface area contributed by atoms with Gasteiger partial charge in [-0.2, -0.15) is 0 Å². The third-order valence-corrected chi connectivity index (χ3v) is 2.09. The van der Waals surface area contributed by atoms with Crippen molar-refractivity contribution in [2.75, 3.05) is 7.11 Å². The van der Waals surface area contributed by atoms with E-state index in [2.05, 4.69) is 4.74 Å². The fraction of sp³-hybridized carbons (Fsp3) is 0.727. The van der Waals surface area contributed by atoms with Crippen LogP contribution in [0.2, 0.25) is 0 Å². The summed E-state index contributed by atoms with van der Waals surface area (Å²) in [5, 5.41) is 0. The average Bonchev–Trinajstić information content (AvgIpc) is 2.24. The van der Waals surface area contributed by atoms with Crippen molar-refractivity contribution in [2.24, 2.45) is 0 Å². The van der Waals surface area contributed by atoms with Gasteiger partial charge in [0.15, 0.2) is 0 Å². The standard InChI is InChI=1S/C11H18O4/c1-15-11(14)8-3-2-6-10(13)7-4-5-9-12/h9H,2-8H2,1H3. The number of hydrogen-bond acceptors (Lipinski definition) is 4. The number of ether oxygens (including phenoxy) is 1. The van der Waals surface area contributed by atoms with Crippen LogP contribution in [0, 0.1) is 0 Å². The average molecular weight is 214 g/mol. The molecule has 0 unspecified atom stereocenters. The van der Waals surface area contributed by atoms with Crippen molar-refractivity contribution in [3.05, 3.63) is 0 Å². The Balaban J connectivity index is 3.31. The minimum atomic E-state index is -0.233. The van der Waals surface area contributed by atoms with E-state index < -0.39 is 0 Å². The maximum atomic E-state index is 11.2. The SMILES string of the molecule is COC(=O)CCCCC(=O)CCCC=O. The van der Waals surface area contributed by atoms with Gasteiger partial charge in [-0.1, -0.05) is 0 Å². The number of hydrogen-bond donors (Lipinski definition) is 0. The Hall–Kier alpha value is -1.19. The second-order valence-corrected chi connectivity index (χ2v) is 3.38. The van der Waals surface area contributed by atoms with E-state index in [1.54, 1.807) is 0 Å². The van der Waals surface area contributed by atoms with E-state index in [0.29, 0.717) is 38.5 Å². The highest BCUT2D eigenvalue weighted by molar-refractivity contribution is 5.78. The van der Waals surface area contributed by atoms with Gasteiger partial charge >= 0.3 is 5.97 Å². The second kappa shape index (κ2) is 9.37. The second-order valence-electron chi connectivity index (χ2n) is 3.38. The number of methoxy groups -OCH3 is 1. The third kappa shape index (κ3) is 9.12. The molecule has 0 saturated heterocycles. The van der Waals surface area contributed by atoms with Gasteiger partial charge in [0.05, 0.1) is 7.11 Å². The lowest BCUT2D eigenvalue weighted by atomic mass is 10.1. The highest BCUT2D eigenvalue weighted by Crippen LogP contribution is 2.05. The zero-order valence-corrected chi connectivity index (χ0v) is 9.16. The number of carbonyl (C=O) groups is 3. The van der Waals surface area contributed by atoms with Crippen LogP contribution in [0.25, 0.3) is 0 Å². The van der Waals surface area contributed by atoms with Crippen LogP contribution in [-0.4, -0.2) is 25.1 Å². The molecule has 0 spiro atoms. The molecule has 15 heavy (non-hydrogen) atoms. The van der Waals surface area contributed by atoms with E-state index in [-0.39, 0.29) is 11.8 Å². The Morgan fingerprint density at radius 3 is 2.27 bits per heavy atom. The van der Waals surface area contributed by atoms with Crippen molar-refractivity contribution in [3.63, 3.8) is 0 Å². The lowest BCUT2D eigenvalue weighted by Gasteiger charge is -1.99. The van der Waals surface area contributed by atoms with Crippen LogP contribution in [0.3, 0.4) is 0 Å². The Morgan fingerprint density at radius 1 is 1.07 bits per heavy atom. The highest BCUT2D eigenvalue weighted by atomic mass is 16.5. The van der Waals surface area contributed by atoms with Crippen LogP contribution in [0.15, 0.2) is 0 Å². The Morgan fingerprint density at radius 2 is 1.67 bits per heavy atom. The van der Waals surface area contributed by atoms with Crippen molar-refractivity contribution >= 4 is 18.0 Å². The molecule has 4 nitrogen and oxygen atoms in total. The number of unbranched alkanes of at least 4 members (excludes halogenated alkanes) is 2. The molecule has 0 aromatic rings. The molecule has 0 aliphatic carbocycles. The van der Waals surface area contributed by atoms with Gasteiger partial charge in [-0.05, 0) is 19.3 Å². The maximum Gasteiger partial charge on any atom is 0.305 e. The summed E-state index contributed by atoms with van der Waals surface area (Å²) >= 11 is 0. The molecule has 0 saturated carbocycles. The van der Waals surface area contributed by atoms with Crippen molar-refractivity contribution in [1.29, 1.82) is 0 Å². The van der Waals surface area contributed by atoms with E-state index in [9.17, 15) is 14.4 Å². The molecule has 4 heteroatoms. The number of carbonyl (C=O) groups excluding carboxylic acids is 3. The Bertz CT molecular complexity index is 211. The first-order valence-electron chi connectivity index (χ1n) is 5.23. The fourth-order valence-electron chi connectivity index (χ4n) is 1.20. The normalized spacial score (nSPS) is 9.67. The van der Waals surface area contributed by atoms with Crippen LogP contribution < -0.4 is 0 Å². The van der Waals surface area contributed by atoms with Gasteiger partial charge in [-0.15, -0.1) is 0 Å². The molecule has 0 aliphatic heterocycles. The van der Waals surface area contributed by atoms with E-state index in [1.807, 2.05) is 0 Å². The molecule has 0 bridgehead atoms. The number of esters is 1. The maximum absolute atomic E-state index is 11.2. The summed E-state index contributed by atoms with van der Waals surface area (Å²) in [6, 6.07) is 0. The molecule has 0 aliphatic rings. The zero-order chi connectivity index (χ0) is 11.5. The monoisotopic (exact) mass is 214 g/mol. The minimum Gasteiger partial charge on any atom is -0.469 e. The summed E-state index contributed by atoms with van der Waals surface area (Å²) in [5.74, 6) is -0.0647. The number of rotatable bonds is 9. The Labute approximate surface area is 90.0 Å². The third-order valence-electron chi connectivity index (χ3n) is 2.09.